The lowest BCUT2D eigenvalue weighted by atomic mass is 9.62. The number of aromatic carboxylic acids is 1. The van der Waals surface area contributed by atoms with Crippen LogP contribution in [0.3, 0.4) is 0 Å². The Morgan fingerprint density at radius 1 is 1.09 bits per heavy atom. The Balaban J connectivity index is 2.02. The van der Waals surface area contributed by atoms with Crippen LogP contribution < -0.4 is 4.74 Å². The highest BCUT2D eigenvalue weighted by Gasteiger charge is 2.38. The number of ether oxygens (including phenoxy) is 1. The largest absolute Gasteiger partial charge is 0.478 e. The monoisotopic (exact) mass is 435 g/mol. The van der Waals surface area contributed by atoms with Crippen molar-refractivity contribution in [3.05, 3.63) is 64.4 Å². The molecule has 0 unspecified atom stereocenters. The summed E-state index contributed by atoms with van der Waals surface area (Å²) in [5.74, 6) is -1.48. The molecule has 0 bridgehead atoms. The fraction of sp³-hybridized carbons (Fsp3) is 0.444. The van der Waals surface area contributed by atoms with Gasteiger partial charge in [-0.1, -0.05) is 65.7 Å². The number of hydrogen-bond donors (Lipinski definition) is 1. The van der Waals surface area contributed by atoms with Gasteiger partial charge in [0, 0.05) is 12.3 Å². The van der Waals surface area contributed by atoms with E-state index in [-0.39, 0.29) is 22.3 Å². The van der Waals surface area contributed by atoms with Gasteiger partial charge in [-0.25, -0.2) is 14.6 Å². The molecular formula is C27H33NO4. The second-order valence-corrected chi connectivity index (χ2v) is 9.88. The number of carboxylic acids is 1. The van der Waals surface area contributed by atoms with Crippen LogP contribution in [-0.4, -0.2) is 22.0 Å². The van der Waals surface area contributed by atoms with Crippen molar-refractivity contribution in [2.45, 2.75) is 77.6 Å². The van der Waals surface area contributed by atoms with E-state index in [1.165, 1.54) is 29.5 Å². The highest BCUT2D eigenvalue weighted by molar-refractivity contribution is 5.95. The zero-order valence-electron chi connectivity index (χ0n) is 19.7. The minimum absolute atomic E-state index is 0.0352. The van der Waals surface area contributed by atoms with E-state index in [1.54, 1.807) is 0 Å². The number of unbranched alkanes of at least 4 members (excludes halogenated alkanes) is 2. The standard InChI is InChI=1S/C27H33NO4/c1-6-7-8-9-10-18-15-21-22(27(4,5)14-13-26(21,2)3)16-20(18)25(31)32-23-12-11-19(17-28-23)24(29)30/h9-12,15-17H,6-8,13-14H2,1-5H3,(H,29,30). The minimum Gasteiger partial charge on any atom is -0.478 e. The molecule has 0 spiro atoms. The zero-order chi connectivity index (χ0) is 23.5. The molecule has 0 radical (unpaired) electrons. The van der Waals surface area contributed by atoms with Crippen LogP contribution in [0.15, 0.2) is 36.5 Å². The number of aromatic nitrogens is 1. The van der Waals surface area contributed by atoms with Gasteiger partial charge in [0.2, 0.25) is 5.88 Å². The van der Waals surface area contributed by atoms with Gasteiger partial charge in [0.25, 0.3) is 0 Å². The number of hydrogen-bond acceptors (Lipinski definition) is 4. The van der Waals surface area contributed by atoms with Crippen molar-refractivity contribution in [1.29, 1.82) is 0 Å². The third-order valence-electron chi connectivity index (χ3n) is 6.45. The molecule has 0 aliphatic heterocycles. The first kappa shape index (κ1) is 23.7. The smallest absolute Gasteiger partial charge is 0.345 e. The predicted octanol–water partition coefficient (Wildman–Crippen LogP) is 6.55. The van der Waals surface area contributed by atoms with Crippen molar-refractivity contribution in [3.8, 4) is 5.88 Å². The summed E-state index contributed by atoms with van der Waals surface area (Å²) >= 11 is 0. The van der Waals surface area contributed by atoms with E-state index in [0.717, 1.165) is 37.7 Å². The molecule has 1 aromatic heterocycles. The molecule has 0 atom stereocenters. The van der Waals surface area contributed by atoms with E-state index in [9.17, 15) is 9.59 Å². The van der Waals surface area contributed by atoms with Crippen molar-refractivity contribution in [2.24, 2.45) is 0 Å². The second kappa shape index (κ2) is 9.27. The van der Waals surface area contributed by atoms with E-state index in [2.05, 4.69) is 51.7 Å². The summed E-state index contributed by atoms with van der Waals surface area (Å²) in [5.41, 5.74) is 3.86. The lowest BCUT2D eigenvalue weighted by Crippen LogP contribution is -2.34. The highest BCUT2D eigenvalue weighted by Crippen LogP contribution is 2.46. The zero-order valence-corrected chi connectivity index (χ0v) is 19.7. The van der Waals surface area contributed by atoms with Crippen molar-refractivity contribution < 1.29 is 19.4 Å². The van der Waals surface area contributed by atoms with Gasteiger partial charge in [-0.3, -0.25) is 0 Å². The normalized spacial score (nSPS) is 16.5. The second-order valence-electron chi connectivity index (χ2n) is 9.88. The maximum absolute atomic E-state index is 13.2. The molecule has 0 fully saturated rings. The van der Waals surface area contributed by atoms with E-state index in [0.29, 0.717) is 5.56 Å². The number of pyridine rings is 1. The average Bonchev–Trinajstić information content (AvgIpc) is 2.74. The predicted molar refractivity (Wildman–Crippen MR) is 126 cm³/mol. The number of fused-ring (bicyclic) bond motifs is 1. The number of nitrogens with zero attached hydrogens (tertiary/aromatic N) is 1. The van der Waals surface area contributed by atoms with E-state index in [4.69, 9.17) is 9.84 Å². The van der Waals surface area contributed by atoms with Crippen molar-refractivity contribution in [1.82, 2.24) is 4.98 Å². The first-order valence-electron chi connectivity index (χ1n) is 11.3. The molecule has 0 saturated carbocycles. The van der Waals surface area contributed by atoms with Crippen LogP contribution in [0.1, 0.15) is 104 Å². The number of carbonyl (C=O) groups is 2. The number of esters is 1. The summed E-state index contributed by atoms with van der Waals surface area (Å²) in [6, 6.07) is 6.92. The molecule has 0 saturated heterocycles. The molecule has 1 N–H and O–H groups in total. The Labute approximate surface area is 190 Å². The first-order valence-corrected chi connectivity index (χ1v) is 11.3. The molecule has 5 nitrogen and oxygen atoms in total. The number of rotatable bonds is 7. The van der Waals surface area contributed by atoms with Crippen LogP contribution in [-0.2, 0) is 10.8 Å². The fourth-order valence-electron chi connectivity index (χ4n) is 4.19. The molecule has 1 aliphatic carbocycles. The number of benzene rings is 1. The molecule has 1 aromatic carbocycles. The van der Waals surface area contributed by atoms with Crippen LogP contribution >= 0.6 is 0 Å². The van der Waals surface area contributed by atoms with Crippen LogP contribution in [0.2, 0.25) is 0 Å². The summed E-state index contributed by atoms with van der Waals surface area (Å²) in [7, 11) is 0. The fourth-order valence-corrected chi connectivity index (χ4v) is 4.19. The molecule has 2 aromatic rings. The lowest BCUT2D eigenvalue weighted by Gasteiger charge is -2.42. The molecule has 1 aliphatic rings. The molecule has 32 heavy (non-hydrogen) atoms. The first-order chi connectivity index (χ1) is 15.0. The summed E-state index contributed by atoms with van der Waals surface area (Å²) in [6.45, 7) is 11.1. The molecule has 5 heteroatoms. The number of carbonyl (C=O) groups excluding carboxylic acids is 1. The van der Waals surface area contributed by atoms with Gasteiger partial charge >= 0.3 is 11.9 Å². The maximum atomic E-state index is 13.2. The van der Waals surface area contributed by atoms with Crippen LogP contribution in [0.4, 0.5) is 0 Å². The van der Waals surface area contributed by atoms with Crippen LogP contribution in [0, 0.1) is 0 Å². The number of allylic oxidation sites excluding steroid dienone is 1. The Hall–Kier alpha value is -2.95. The topological polar surface area (TPSA) is 76.5 Å². The summed E-state index contributed by atoms with van der Waals surface area (Å²) in [5, 5.41) is 9.04. The third kappa shape index (κ3) is 5.09. The van der Waals surface area contributed by atoms with Gasteiger partial charge in [-0.05, 0) is 58.9 Å². The Bertz CT molecular complexity index is 1030. The van der Waals surface area contributed by atoms with Gasteiger partial charge in [-0.15, -0.1) is 0 Å². The van der Waals surface area contributed by atoms with Gasteiger partial charge in [0.05, 0.1) is 11.1 Å². The third-order valence-corrected chi connectivity index (χ3v) is 6.45. The summed E-state index contributed by atoms with van der Waals surface area (Å²) < 4.78 is 5.54. The quantitative estimate of drug-likeness (QED) is 0.394. The van der Waals surface area contributed by atoms with Gasteiger partial charge in [0.1, 0.15) is 0 Å². The van der Waals surface area contributed by atoms with E-state index >= 15 is 0 Å². The minimum atomic E-state index is -1.07. The van der Waals surface area contributed by atoms with Gasteiger partial charge in [-0.2, -0.15) is 0 Å². The van der Waals surface area contributed by atoms with Crippen molar-refractivity contribution in [2.75, 3.05) is 0 Å². The van der Waals surface area contributed by atoms with Crippen LogP contribution in [0.5, 0.6) is 5.88 Å². The maximum Gasteiger partial charge on any atom is 0.345 e. The average molecular weight is 436 g/mol. The van der Waals surface area contributed by atoms with Crippen molar-refractivity contribution in [3.63, 3.8) is 0 Å². The molecule has 3 rings (SSSR count). The molecule has 1 heterocycles. The SMILES string of the molecule is CCCCC=Cc1cc2c(cc1C(=O)Oc1ccc(C(=O)O)cn1)C(C)(C)CCC2(C)C. The summed E-state index contributed by atoms with van der Waals surface area (Å²) in [4.78, 5) is 28.2. The van der Waals surface area contributed by atoms with E-state index < -0.39 is 11.9 Å². The Morgan fingerprint density at radius 2 is 1.75 bits per heavy atom. The van der Waals surface area contributed by atoms with Gasteiger partial charge < -0.3 is 9.84 Å². The highest BCUT2D eigenvalue weighted by atomic mass is 16.5. The Kier molecular flexibility index (Phi) is 6.87. The molecule has 170 valence electrons. The van der Waals surface area contributed by atoms with Gasteiger partial charge in [0.15, 0.2) is 0 Å². The number of carboxylic acid groups (broad SMARTS) is 1. The van der Waals surface area contributed by atoms with Crippen molar-refractivity contribution >= 4 is 18.0 Å². The molecular weight excluding hydrogens is 402 g/mol. The van der Waals surface area contributed by atoms with Crippen LogP contribution in [0.25, 0.3) is 6.08 Å². The molecule has 0 amide bonds. The lowest BCUT2D eigenvalue weighted by molar-refractivity contribution is 0.0696. The summed E-state index contributed by atoms with van der Waals surface area (Å²) in [6.07, 6.45) is 10.6. The van der Waals surface area contributed by atoms with E-state index in [1.807, 2.05) is 12.1 Å². The Morgan fingerprint density at radius 3 is 2.31 bits per heavy atom.